The second-order valence-corrected chi connectivity index (χ2v) is 7.11. The van der Waals surface area contributed by atoms with Crippen molar-refractivity contribution < 1.29 is 22.7 Å². The van der Waals surface area contributed by atoms with Crippen LogP contribution in [-0.2, 0) is 19.6 Å². The first-order valence-electron chi connectivity index (χ1n) is 7.11. The lowest BCUT2D eigenvalue weighted by Gasteiger charge is -2.23. The molecule has 22 heavy (non-hydrogen) atoms. The van der Waals surface area contributed by atoms with Crippen LogP contribution in [0.4, 0.5) is 0 Å². The van der Waals surface area contributed by atoms with E-state index < -0.39 is 16.0 Å². The average Bonchev–Trinajstić information content (AvgIpc) is 2.46. The van der Waals surface area contributed by atoms with Crippen molar-refractivity contribution in [3.05, 3.63) is 24.3 Å². The highest BCUT2D eigenvalue weighted by Crippen LogP contribution is 2.20. The van der Waals surface area contributed by atoms with Gasteiger partial charge in [-0.1, -0.05) is 13.8 Å². The molecule has 0 amide bonds. The molecule has 124 valence electrons. The van der Waals surface area contributed by atoms with Crippen LogP contribution in [0.15, 0.2) is 29.2 Å². The number of benzene rings is 1. The van der Waals surface area contributed by atoms with Crippen LogP contribution in [0.1, 0.15) is 20.8 Å². The van der Waals surface area contributed by atoms with Gasteiger partial charge in [0.2, 0.25) is 10.0 Å². The predicted octanol–water partition coefficient (Wildman–Crippen LogP) is 1.90. The molecule has 1 rings (SSSR count). The number of carbonyl (C=O) groups excluding carboxylic acids is 1. The first-order chi connectivity index (χ1) is 10.3. The summed E-state index contributed by atoms with van der Waals surface area (Å²) in [5.74, 6) is 0.0995. The van der Waals surface area contributed by atoms with E-state index in [-0.39, 0.29) is 30.5 Å². The van der Waals surface area contributed by atoms with E-state index in [0.717, 1.165) is 4.31 Å². The van der Waals surface area contributed by atoms with Gasteiger partial charge in [0.05, 0.1) is 18.6 Å². The average molecular weight is 329 g/mol. The fourth-order valence-corrected chi connectivity index (χ4v) is 3.45. The summed E-state index contributed by atoms with van der Waals surface area (Å²) in [6.45, 7) is 5.64. The number of carbonyl (C=O) groups is 1. The lowest BCUT2D eigenvalue weighted by atomic mass is 10.2. The van der Waals surface area contributed by atoms with Gasteiger partial charge in [0, 0.05) is 6.54 Å². The van der Waals surface area contributed by atoms with Crippen molar-refractivity contribution in [2.75, 3.05) is 26.8 Å². The molecule has 1 aromatic carbocycles. The smallest absolute Gasteiger partial charge is 0.321 e. The van der Waals surface area contributed by atoms with Gasteiger partial charge in [-0.15, -0.1) is 0 Å². The summed E-state index contributed by atoms with van der Waals surface area (Å²) >= 11 is 0. The van der Waals surface area contributed by atoms with Gasteiger partial charge < -0.3 is 9.47 Å². The Bertz CT molecular complexity index is 580. The molecule has 0 atom stereocenters. The molecule has 0 saturated carbocycles. The summed E-state index contributed by atoms with van der Waals surface area (Å²) in [7, 11) is -2.25. The Morgan fingerprint density at radius 3 is 2.27 bits per heavy atom. The summed E-state index contributed by atoms with van der Waals surface area (Å²) in [6.07, 6.45) is 0. The molecule has 0 radical (unpaired) electrons. The maximum Gasteiger partial charge on any atom is 0.321 e. The Hall–Kier alpha value is -1.60. The zero-order chi connectivity index (χ0) is 16.8. The van der Waals surface area contributed by atoms with E-state index in [4.69, 9.17) is 9.47 Å². The van der Waals surface area contributed by atoms with Crippen LogP contribution in [0, 0.1) is 5.92 Å². The number of esters is 1. The van der Waals surface area contributed by atoms with E-state index in [0.29, 0.717) is 5.75 Å². The Morgan fingerprint density at radius 2 is 1.82 bits per heavy atom. The minimum Gasteiger partial charge on any atom is -0.497 e. The van der Waals surface area contributed by atoms with Crippen LogP contribution in [0.5, 0.6) is 5.75 Å². The molecule has 0 aromatic heterocycles. The Balaban J connectivity index is 3.05. The fourth-order valence-electron chi connectivity index (χ4n) is 1.90. The van der Waals surface area contributed by atoms with Crippen molar-refractivity contribution in [3.8, 4) is 5.75 Å². The first kappa shape index (κ1) is 18.4. The number of methoxy groups -OCH3 is 1. The maximum absolute atomic E-state index is 12.7. The third kappa shape index (κ3) is 4.99. The molecule has 0 aliphatic heterocycles. The van der Waals surface area contributed by atoms with E-state index in [1.807, 2.05) is 13.8 Å². The van der Waals surface area contributed by atoms with Crippen molar-refractivity contribution in [2.45, 2.75) is 25.7 Å². The zero-order valence-electron chi connectivity index (χ0n) is 13.4. The topological polar surface area (TPSA) is 72.9 Å². The third-order valence-corrected chi connectivity index (χ3v) is 4.70. The molecule has 7 heteroatoms. The summed E-state index contributed by atoms with van der Waals surface area (Å²) in [5.41, 5.74) is 0. The zero-order valence-corrected chi connectivity index (χ0v) is 14.2. The van der Waals surface area contributed by atoms with E-state index >= 15 is 0 Å². The monoisotopic (exact) mass is 329 g/mol. The molecule has 0 aliphatic carbocycles. The van der Waals surface area contributed by atoms with Crippen molar-refractivity contribution in [2.24, 2.45) is 5.92 Å². The summed E-state index contributed by atoms with van der Waals surface area (Å²) in [5, 5.41) is 0. The number of rotatable bonds is 8. The SMILES string of the molecule is CCOC(=O)CN(CC(C)C)S(=O)(=O)c1ccc(OC)cc1. The van der Waals surface area contributed by atoms with E-state index in [1.54, 1.807) is 19.1 Å². The van der Waals surface area contributed by atoms with Gasteiger partial charge >= 0.3 is 5.97 Å². The molecule has 0 bridgehead atoms. The highest BCUT2D eigenvalue weighted by Gasteiger charge is 2.27. The Labute approximate surface area is 132 Å². The van der Waals surface area contributed by atoms with Crippen LogP contribution in [0.25, 0.3) is 0 Å². The minimum atomic E-state index is -3.76. The molecule has 0 unspecified atom stereocenters. The van der Waals surface area contributed by atoms with Crippen molar-refractivity contribution in [1.82, 2.24) is 4.31 Å². The van der Waals surface area contributed by atoms with Crippen LogP contribution in [0.3, 0.4) is 0 Å². The molecular weight excluding hydrogens is 306 g/mol. The van der Waals surface area contributed by atoms with Gasteiger partial charge in [-0.2, -0.15) is 4.31 Å². The highest BCUT2D eigenvalue weighted by atomic mass is 32.2. The van der Waals surface area contributed by atoms with Crippen molar-refractivity contribution >= 4 is 16.0 Å². The van der Waals surface area contributed by atoms with Gasteiger partial charge in [0.15, 0.2) is 0 Å². The van der Waals surface area contributed by atoms with E-state index in [9.17, 15) is 13.2 Å². The molecule has 1 aromatic rings. The number of hydrogen-bond acceptors (Lipinski definition) is 5. The van der Waals surface area contributed by atoms with Crippen LogP contribution >= 0.6 is 0 Å². The highest BCUT2D eigenvalue weighted by molar-refractivity contribution is 7.89. The first-order valence-corrected chi connectivity index (χ1v) is 8.55. The van der Waals surface area contributed by atoms with Gasteiger partial charge in [-0.05, 0) is 37.1 Å². The minimum absolute atomic E-state index is 0.0856. The quantitative estimate of drug-likeness (QED) is 0.681. The van der Waals surface area contributed by atoms with E-state index in [1.165, 1.54) is 19.2 Å². The largest absolute Gasteiger partial charge is 0.497 e. The van der Waals surface area contributed by atoms with Gasteiger partial charge in [-0.25, -0.2) is 8.42 Å². The second kappa shape index (κ2) is 8.14. The van der Waals surface area contributed by atoms with E-state index in [2.05, 4.69) is 0 Å². The van der Waals surface area contributed by atoms with Crippen LogP contribution in [0.2, 0.25) is 0 Å². The van der Waals surface area contributed by atoms with Gasteiger partial charge in [0.1, 0.15) is 12.3 Å². The fraction of sp³-hybridized carbons (Fsp3) is 0.533. The number of ether oxygens (including phenoxy) is 2. The van der Waals surface area contributed by atoms with Crippen LogP contribution < -0.4 is 4.74 Å². The van der Waals surface area contributed by atoms with Crippen molar-refractivity contribution in [3.63, 3.8) is 0 Å². The summed E-state index contributed by atoms with van der Waals surface area (Å²) < 4.78 is 36.4. The molecular formula is C15H23NO5S. The number of nitrogens with zero attached hydrogens (tertiary/aromatic N) is 1. The molecule has 0 fully saturated rings. The van der Waals surface area contributed by atoms with Crippen LogP contribution in [-0.4, -0.2) is 45.5 Å². The molecule has 0 spiro atoms. The summed E-state index contributed by atoms with van der Waals surface area (Å²) in [6, 6.07) is 6.08. The number of hydrogen-bond donors (Lipinski definition) is 0. The Kier molecular flexibility index (Phi) is 6.83. The standard InChI is InChI=1S/C15H23NO5S/c1-5-21-15(17)11-16(10-12(2)3)22(18,19)14-8-6-13(20-4)7-9-14/h6-9,12H,5,10-11H2,1-4H3. The third-order valence-electron chi connectivity index (χ3n) is 2.88. The molecule has 0 aliphatic rings. The second-order valence-electron chi connectivity index (χ2n) is 5.17. The lowest BCUT2D eigenvalue weighted by Crippen LogP contribution is -2.38. The summed E-state index contributed by atoms with van der Waals surface area (Å²) in [4.78, 5) is 11.8. The molecule has 0 saturated heterocycles. The molecule has 0 N–H and O–H groups in total. The predicted molar refractivity (Wildman–Crippen MR) is 83.2 cm³/mol. The number of sulfonamides is 1. The van der Waals surface area contributed by atoms with Crippen molar-refractivity contribution in [1.29, 1.82) is 0 Å². The Morgan fingerprint density at radius 1 is 1.23 bits per heavy atom. The van der Waals surface area contributed by atoms with Gasteiger partial charge in [0.25, 0.3) is 0 Å². The molecule has 0 heterocycles. The lowest BCUT2D eigenvalue weighted by molar-refractivity contribution is -0.143. The molecule has 6 nitrogen and oxygen atoms in total. The maximum atomic E-state index is 12.7. The van der Waals surface area contributed by atoms with Gasteiger partial charge in [-0.3, -0.25) is 4.79 Å². The normalized spacial score (nSPS) is 11.7.